The first kappa shape index (κ1) is 39.2. The number of nitrogens with two attached hydrogens (primary N) is 1. The number of hydrogen-bond donors (Lipinski definition) is 6. The number of carboxylic acid groups (broad SMARTS) is 1. The molecule has 4 rings (SSSR count). The lowest BCUT2D eigenvalue weighted by molar-refractivity contribution is -0.161. The van der Waals surface area contributed by atoms with Crippen LogP contribution in [0.5, 0.6) is 5.75 Å². The van der Waals surface area contributed by atoms with Gasteiger partial charge >= 0.3 is 27.9 Å². The highest BCUT2D eigenvalue weighted by atomic mass is 32.2. The third-order valence-electron chi connectivity index (χ3n) is 7.31. The van der Waals surface area contributed by atoms with Crippen LogP contribution in [-0.2, 0) is 45.8 Å². The Morgan fingerprint density at radius 2 is 1.87 bits per heavy atom. The highest BCUT2D eigenvalue weighted by Crippen LogP contribution is 2.24. The van der Waals surface area contributed by atoms with Gasteiger partial charge in [-0.15, -0.1) is 16.4 Å². The highest BCUT2D eigenvalue weighted by Gasteiger charge is 2.52. The van der Waals surface area contributed by atoms with Gasteiger partial charge in [0.05, 0.1) is 17.5 Å². The molecular weight excluding hydrogens is 757 g/mol. The van der Waals surface area contributed by atoms with E-state index in [1.807, 2.05) is 0 Å². The van der Waals surface area contributed by atoms with E-state index in [4.69, 9.17) is 10.6 Å². The van der Waals surface area contributed by atoms with Gasteiger partial charge in [-0.05, 0) is 26.7 Å². The van der Waals surface area contributed by atoms with Crippen molar-refractivity contribution in [1.82, 2.24) is 38.7 Å². The van der Waals surface area contributed by atoms with Crippen molar-refractivity contribution in [2.24, 2.45) is 5.16 Å². The van der Waals surface area contributed by atoms with Crippen LogP contribution in [0.3, 0.4) is 0 Å². The number of hydrogen-bond acceptors (Lipinski definition) is 17. The van der Waals surface area contributed by atoms with Gasteiger partial charge in [-0.2, -0.15) is 8.42 Å². The second-order valence-electron chi connectivity index (χ2n) is 11.6. The number of nitrogens with zero attached hydrogens (tertiary/aromatic N) is 6. The summed E-state index contributed by atoms with van der Waals surface area (Å²) in [7, 11) is -8.74. The predicted molar refractivity (Wildman–Crippen MR) is 180 cm³/mol. The van der Waals surface area contributed by atoms with Crippen molar-refractivity contribution in [1.29, 1.82) is 0 Å². The monoisotopic (exact) mass is 788 g/mol. The Labute approximate surface area is 297 Å². The van der Waals surface area contributed by atoms with Gasteiger partial charge in [0.25, 0.3) is 11.8 Å². The molecule has 52 heavy (non-hydrogen) atoms. The lowest BCUT2D eigenvalue weighted by Crippen LogP contribution is -2.74. The van der Waals surface area contributed by atoms with E-state index in [-0.39, 0.29) is 33.4 Å². The van der Waals surface area contributed by atoms with Gasteiger partial charge in [-0.3, -0.25) is 23.9 Å². The number of β-lactam (4-membered cyclic amide) rings is 1. The average Bonchev–Trinajstić information content (AvgIpc) is 3.61. The van der Waals surface area contributed by atoms with Gasteiger partial charge in [0, 0.05) is 30.4 Å². The van der Waals surface area contributed by atoms with Crippen molar-refractivity contribution in [2.75, 3.05) is 17.7 Å². The second-order valence-corrected chi connectivity index (χ2v) is 16.3. The van der Waals surface area contributed by atoms with Crippen LogP contribution < -0.4 is 26.9 Å². The van der Waals surface area contributed by atoms with E-state index in [1.165, 1.54) is 12.3 Å². The smallest absolute Gasteiger partial charge is 0.362 e. The lowest BCUT2D eigenvalue weighted by Gasteiger charge is -2.44. The molecule has 26 heteroatoms. The fourth-order valence-electron chi connectivity index (χ4n) is 4.60. The quantitative estimate of drug-likeness (QED) is 0.0572. The molecule has 0 saturated carbocycles. The van der Waals surface area contributed by atoms with Gasteiger partial charge < -0.3 is 31.1 Å². The Morgan fingerprint density at radius 1 is 1.19 bits per heavy atom. The SMILES string of the molecule is CC[C@H]1[C@H](NC(=O)/C(=N\OC(C)(C)C(=O)O)c2csc(N)n2)C(=O)N1C(=O)NS(=O)(=O)n1nc(-c2cc(=O)c(O)c[nH]2)n(CCCS(C)(=O)=O)c1=O. The van der Waals surface area contributed by atoms with Crippen LogP contribution in [0.1, 0.15) is 39.3 Å². The molecule has 23 nitrogen and oxygen atoms in total. The number of nitrogen functional groups attached to an aromatic ring is 1. The van der Waals surface area contributed by atoms with Crippen LogP contribution in [0.25, 0.3) is 11.5 Å². The van der Waals surface area contributed by atoms with Crippen molar-refractivity contribution < 1.29 is 51.1 Å². The van der Waals surface area contributed by atoms with Crippen LogP contribution in [0, 0.1) is 0 Å². The van der Waals surface area contributed by atoms with Crippen molar-refractivity contribution in [3.05, 3.63) is 44.0 Å². The maximum absolute atomic E-state index is 13.3. The maximum atomic E-state index is 13.3. The zero-order valence-electron chi connectivity index (χ0n) is 27.6. The molecule has 3 aromatic heterocycles. The number of sulfone groups is 1. The van der Waals surface area contributed by atoms with E-state index >= 15 is 0 Å². The summed E-state index contributed by atoms with van der Waals surface area (Å²) >= 11 is 0.918. The summed E-state index contributed by atoms with van der Waals surface area (Å²) in [6, 6.07) is -3.30. The molecule has 0 aliphatic carbocycles. The standard InChI is InChI=1S/C26H32N10O13S3/c1-5-14-18(30-20(39)17(13-11-50-23(27)29-13)32-49-26(2,3)22(41)42)21(40)35(14)24(43)33-52(47,48)36-25(44)34(7-6-8-51(4,45)46)19(31-36)12-9-15(37)16(38)10-28-12/h9-11,14,18,38H,5-8H2,1-4H3,(H2,27,29)(H,28,37)(H,30,39)(H,33,43)(H,41,42)/b32-17-/t14-,18-/m0/s1. The van der Waals surface area contributed by atoms with Gasteiger partial charge in [-0.25, -0.2) is 32.5 Å². The highest BCUT2D eigenvalue weighted by molar-refractivity contribution is 7.90. The number of carbonyl (C=O) groups is 4. The number of nitrogens with one attached hydrogen (secondary N) is 3. The number of amides is 4. The Hall–Kier alpha value is -5.63. The first-order chi connectivity index (χ1) is 24.1. The zero-order chi connectivity index (χ0) is 38.9. The number of aliphatic carboxylic acids is 1. The Bertz CT molecular complexity index is 2310. The molecule has 1 fully saturated rings. The number of rotatable bonds is 14. The van der Waals surface area contributed by atoms with Crippen molar-refractivity contribution >= 4 is 66.0 Å². The summed E-state index contributed by atoms with van der Waals surface area (Å²) in [5, 5.41) is 30.0. The number of imide groups is 1. The molecule has 0 radical (unpaired) electrons. The average molecular weight is 789 g/mol. The van der Waals surface area contributed by atoms with Gasteiger partial charge in [0.2, 0.25) is 11.0 Å². The number of oxime groups is 1. The molecule has 7 N–H and O–H groups in total. The van der Waals surface area contributed by atoms with Crippen molar-refractivity contribution in [2.45, 2.75) is 57.8 Å². The molecule has 4 amide bonds. The number of aromatic nitrogens is 5. The topological polar surface area (TPSA) is 338 Å². The number of carboxylic acids is 1. The van der Waals surface area contributed by atoms with Crippen molar-refractivity contribution in [3.63, 3.8) is 0 Å². The summed E-state index contributed by atoms with van der Waals surface area (Å²) < 4.78 is 52.1. The van der Waals surface area contributed by atoms with E-state index in [0.717, 1.165) is 48.3 Å². The van der Waals surface area contributed by atoms with Crippen LogP contribution in [-0.4, -0.2) is 115 Å². The molecule has 4 heterocycles. The zero-order valence-corrected chi connectivity index (χ0v) is 30.0. The fraction of sp³-hybridized carbons (Fsp3) is 0.423. The third kappa shape index (κ3) is 8.28. The molecule has 0 unspecified atom stereocenters. The normalized spacial score (nSPS) is 16.7. The van der Waals surface area contributed by atoms with Crippen LogP contribution >= 0.6 is 11.3 Å². The number of carbonyl (C=O) groups excluding carboxylic acids is 3. The van der Waals surface area contributed by atoms with Crippen LogP contribution in [0.4, 0.5) is 9.93 Å². The molecule has 0 bridgehead atoms. The number of thiazole rings is 1. The number of likely N-dealkylation sites (tertiary alicyclic amines) is 1. The first-order valence-corrected chi connectivity index (χ1v) is 19.2. The summed E-state index contributed by atoms with van der Waals surface area (Å²) in [5.74, 6) is -5.18. The number of anilines is 1. The predicted octanol–water partition coefficient (Wildman–Crippen LogP) is -2.23. The summed E-state index contributed by atoms with van der Waals surface area (Å²) in [5.41, 5.74) is 0.518. The van der Waals surface area contributed by atoms with E-state index in [0.29, 0.717) is 4.90 Å². The van der Waals surface area contributed by atoms with E-state index in [9.17, 15) is 55.8 Å². The number of pyridine rings is 1. The Balaban J connectivity index is 1.58. The molecule has 1 aliphatic rings. The number of H-pyrrole nitrogens is 1. The molecule has 2 atom stereocenters. The van der Waals surface area contributed by atoms with E-state index < -0.39 is 102 Å². The summed E-state index contributed by atoms with van der Waals surface area (Å²) in [4.78, 5) is 88.3. The van der Waals surface area contributed by atoms with E-state index in [2.05, 4.69) is 25.5 Å². The number of aromatic hydroxyl groups is 1. The molecule has 282 valence electrons. The molecule has 0 spiro atoms. The van der Waals surface area contributed by atoms with Crippen molar-refractivity contribution in [3.8, 4) is 17.3 Å². The minimum absolute atomic E-state index is 0.0178. The fourth-order valence-corrected chi connectivity index (χ4v) is 6.69. The lowest BCUT2D eigenvalue weighted by atomic mass is 9.93. The minimum atomic E-state index is -5.23. The summed E-state index contributed by atoms with van der Waals surface area (Å²) in [6.45, 7) is 3.41. The Morgan fingerprint density at radius 3 is 2.42 bits per heavy atom. The molecular formula is C26H32N10O13S3. The van der Waals surface area contributed by atoms with Gasteiger partial charge in [0.15, 0.2) is 22.4 Å². The molecule has 1 saturated heterocycles. The van der Waals surface area contributed by atoms with Crippen LogP contribution in [0.2, 0.25) is 0 Å². The second kappa shape index (κ2) is 14.5. The Kier molecular flexibility index (Phi) is 11.0. The van der Waals surface area contributed by atoms with Gasteiger partial charge in [0.1, 0.15) is 21.6 Å². The number of aromatic amines is 1. The van der Waals surface area contributed by atoms with Crippen LogP contribution in [0.15, 0.2) is 32.4 Å². The minimum Gasteiger partial charge on any atom is -0.503 e. The molecule has 1 aliphatic heterocycles. The van der Waals surface area contributed by atoms with Gasteiger partial charge in [-0.1, -0.05) is 16.2 Å². The van der Waals surface area contributed by atoms with E-state index in [1.54, 1.807) is 4.72 Å². The largest absolute Gasteiger partial charge is 0.503 e. The first-order valence-electron chi connectivity index (χ1n) is 14.8. The maximum Gasteiger partial charge on any atom is 0.362 e. The third-order valence-corrected chi connectivity index (χ3v) is 10.1. The molecule has 3 aromatic rings. The summed E-state index contributed by atoms with van der Waals surface area (Å²) in [6.07, 6.45) is 1.58. The molecule has 0 aromatic carbocycles. The number of urea groups is 1.